The number of aryl methyl sites for hydroxylation is 1. The molecule has 19 heavy (non-hydrogen) atoms. The number of hydrogen-bond donors (Lipinski definition) is 1. The van der Waals surface area contributed by atoms with Crippen molar-refractivity contribution in [3.05, 3.63) is 42.4 Å². The topological polar surface area (TPSA) is 60.2 Å². The van der Waals surface area contributed by atoms with Crippen molar-refractivity contribution < 1.29 is 9.84 Å². The van der Waals surface area contributed by atoms with Crippen LogP contribution in [-0.2, 0) is 0 Å². The molecule has 0 spiro atoms. The molecule has 96 valence electrons. The van der Waals surface area contributed by atoms with E-state index in [1.54, 1.807) is 36.3 Å². The van der Waals surface area contributed by atoms with Gasteiger partial charge in [0.05, 0.1) is 25.2 Å². The minimum absolute atomic E-state index is 0.168. The molecule has 0 atom stereocenters. The van der Waals surface area contributed by atoms with E-state index in [-0.39, 0.29) is 5.75 Å². The van der Waals surface area contributed by atoms with Crippen molar-refractivity contribution in [3.63, 3.8) is 0 Å². The number of aromatic nitrogens is 3. The summed E-state index contributed by atoms with van der Waals surface area (Å²) in [5.74, 6) is 0.851. The highest BCUT2D eigenvalue weighted by atomic mass is 16.5. The molecule has 2 aromatic heterocycles. The average molecular weight is 255 g/mol. The summed E-state index contributed by atoms with van der Waals surface area (Å²) in [4.78, 5) is 4.37. The Morgan fingerprint density at radius 1 is 1.32 bits per heavy atom. The van der Waals surface area contributed by atoms with Gasteiger partial charge in [-0.25, -0.2) is 9.67 Å². The summed E-state index contributed by atoms with van der Waals surface area (Å²) >= 11 is 0. The van der Waals surface area contributed by atoms with Gasteiger partial charge in [0.2, 0.25) is 0 Å². The van der Waals surface area contributed by atoms with E-state index in [1.165, 1.54) is 0 Å². The summed E-state index contributed by atoms with van der Waals surface area (Å²) in [5, 5.41) is 15.0. The number of phenolic OH excluding ortho intramolecular Hbond substituents is 1. The second-order valence-electron chi connectivity index (χ2n) is 4.28. The first-order chi connectivity index (χ1) is 9.19. The van der Waals surface area contributed by atoms with Gasteiger partial charge in [-0.3, -0.25) is 0 Å². The van der Waals surface area contributed by atoms with Crippen LogP contribution in [0.1, 0.15) is 5.69 Å². The van der Waals surface area contributed by atoms with E-state index in [2.05, 4.69) is 10.1 Å². The Labute approximate surface area is 110 Å². The van der Waals surface area contributed by atoms with Crippen LogP contribution >= 0.6 is 0 Å². The number of nitrogens with zero attached hydrogens (tertiary/aromatic N) is 3. The van der Waals surface area contributed by atoms with Crippen LogP contribution in [0.2, 0.25) is 0 Å². The monoisotopic (exact) mass is 255 g/mol. The van der Waals surface area contributed by atoms with E-state index in [1.807, 2.05) is 19.1 Å². The molecule has 1 aromatic carbocycles. The van der Waals surface area contributed by atoms with Crippen LogP contribution < -0.4 is 4.74 Å². The Morgan fingerprint density at radius 3 is 2.89 bits per heavy atom. The van der Waals surface area contributed by atoms with E-state index < -0.39 is 0 Å². The van der Waals surface area contributed by atoms with Crippen molar-refractivity contribution in [3.8, 4) is 17.2 Å². The molecule has 0 unspecified atom stereocenters. The van der Waals surface area contributed by atoms with Crippen molar-refractivity contribution in [1.29, 1.82) is 0 Å². The maximum absolute atomic E-state index is 9.90. The third-order valence-electron chi connectivity index (χ3n) is 2.97. The van der Waals surface area contributed by atoms with Crippen LogP contribution in [0.4, 0.5) is 0 Å². The Morgan fingerprint density at radius 2 is 2.16 bits per heavy atom. The number of fused-ring (bicyclic) bond motifs is 1. The molecule has 0 radical (unpaired) electrons. The van der Waals surface area contributed by atoms with Gasteiger partial charge in [0.1, 0.15) is 11.3 Å². The number of para-hydroxylation sites is 1. The van der Waals surface area contributed by atoms with Crippen molar-refractivity contribution in [2.45, 2.75) is 6.92 Å². The molecule has 2 heterocycles. The predicted octanol–water partition coefficient (Wildman–Crippen LogP) is 2.44. The number of methoxy groups -OCH3 is 1. The standard InChI is InChI=1S/C14H13N3O2/c1-9-6-12(17-8-10(19-2)7-15-17)11-4-3-5-13(18)14(11)16-9/h3-8,18H,1-2H3. The van der Waals surface area contributed by atoms with Gasteiger partial charge in [-0.2, -0.15) is 5.10 Å². The molecule has 0 saturated heterocycles. The van der Waals surface area contributed by atoms with Gasteiger partial charge in [-0.05, 0) is 19.1 Å². The van der Waals surface area contributed by atoms with Crippen molar-refractivity contribution in [2.75, 3.05) is 7.11 Å². The molecule has 5 nitrogen and oxygen atoms in total. The highest BCUT2D eigenvalue weighted by molar-refractivity contribution is 5.91. The number of ether oxygens (including phenoxy) is 1. The zero-order valence-electron chi connectivity index (χ0n) is 10.7. The predicted molar refractivity (Wildman–Crippen MR) is 71.8 cm³/mol. The van der Waals surface area contributed by atoms with Crippen molar-refractivity contribution in [1.82, 2.24) is 14.8 Å². The molecule has 0 aliphatic rings. The molecule has 0 amide bonds. The summed E-state index contributed by atoms with van der Waals surface area (Å²) < 4.78 is 6.85. The molecule has 0 bridgehead atoms. The number of benzene rings is 1. The lowest BCUT2D eigenvalue weighted by atomic mass is 10.1. The Kier molecular flexibility index (Phi) is 2.59. The SMILES string of the molecule is COc1cnn(-c2cc(C)nc3c(O)cccc23)c1. The van der Waals surface area contributed by atoms with Crippen LogP contribution in [-0.4, -0.2) is 27.0 Å². The van der Waals surface area contributed by atoms with Crippen LogP contribution in [0.15, 0.2) is 36.7 Å². The van der Waals surface area contributed by atoms with E-state index in [9.17, 15) is 5.11 Å². The first-order valence-corrected chi connectivity index (χ1v) is 5.87. The lowest BCUT2D eigenvalue weighted by Gasteiger charge is -2.08. The lowest BCUT2D eigenvalue weighted by molar-refractivity contribution is 0.414. The Hall–Kier alpha value is -2.56. The summed E-state index contributed by atoms with van der Waals surface area (Å²) in [6, 6.07) is 7.25. The number of phenols is 1. The average Bonchev–Trinajstić information content (AvgIpc) is 2.88. The van der Waals surface area contributed by atoms with Gasteiger partial charge in [-0.1, -0.05) is 12.1 Å². The molecule has 1 N–H and O–H groups in total. The summed E-state index contributed by atoms with van der Waals surface area (Å²) in [6.07, 6.45) is 3.43. The van der Waals surface area contributed by atoms with Crippen LogP contribution in [0.5, 0.6) is 11.5 Å². The minimum Gasteiger partial charge on any atom is -0.506 e. The van der Waals surface area contributed by atoms with Gasteiger partial charge in [0.15, 0.2) is 5.75 Å². The fourth-order valence-corrected chi connectivity index (χ4v) is 2.07. The first kappa shape index (κ1) is 11.5. The smallest absolute Gasteiger partial charge is 0.157 e. The molecule has 5 heteroatoms. The maximum Gasteiger partial charge on any atom is 0.157 e. The zero-order valence-corrected chi connectivity index (χ0v) is 10.7. The highest BCUT2D eigenvalue weighted by Crippen LogP contribution is 2.28. The third-order valence-corrected chi connectivity index (χ3v) is 2.97. The van der Waals surface area contributed by atoms with Gasteiger partial charge in [0, 0.05) is 11.1 Å². The van der Waals surface area contributed by atoms with E-state index in [0.29, 0.717) is 11.3 Å². The molecule has 3 aromatic rings. The highest BCUT2D eigenvalue weighted by Gasteiger charge is 2.10. The van der Waals surface area contributed by atoms with E-state index in [0.717, 1.165) is 16.8 Å². The van der Waals surface area contributed by atoms with Crippen LogP contribution in [0, 0.1) is 6.92 Å². The first-order valence-electron chi connectivity index (χ1n) is 5.87. The summed E-state index contributed by atoms with van der Waals surface area (Å²) in [6.45, 7) is 1.89. The van der Waals surface area contributed by atoms with Crippen LogP contribution in [0.25, 0.3) is 16.6 Å². The van der Waals surface area contributed by atoms with E-state index in [4.69, 9.17) is 4.74 Å². The Bertz CT molecular complexity index is 750. The number of hydrogen-bond acceptors (Lipinski definition) is 4. The third kappa shape index (κ3) is 1.89. The molecule has 0 aliphatic heterocycles. The quantitative estimate of drug-likeness (QED) is 0.764. The second kappa shape index (κ2) is 4.28. The molecular formula is C14H13N3O2. The molecule has 0 aliphatic carbocycles. The molecule has 0 saturated carbocycles. The van der Waals surface area contributed by atoms with Gasteiger partial charge < -0.3 is 9.84 Å². The number of rotatable bonds is 2. The van der Waals surface area contributed by atoms with Gasteiger partial charge >= 0.3 is 0 Å². The summed E-state index contributed by atoms with van der Waals surface area (Å²) in [7, 11) is 1.60. The zero-order chi connectivity index (χ0) is 13.4. The normalized spacial score (nSPS) is 10.8. The fourth-order valence-electron chi connectivity index (χ4n) is 2.07. The molecule has 3 rings (SSSR count). The van der Waals surface area contributed by atoms with Crippen molar-refractivity contribution >= 4 is 10.9 Å². The van der Waals surface area contributed by atoms with Gasteiger partial charge in [0.25, 0.3) is 0 Å². The Balaban J connectivity index is 2.31. The fraction of sp³-hybridized carbons (Fsp3) is 0.143. The summed E-state index contributed by atoms with van der Waals surface area (Å²) in [5.41, 5.74) is 2.26. The lowest BCUT2D eigenvalue weighted by Crippen LogP contribution is -1.98. The molecular weight excluding hydrogens is 242 g/mol. The second-order valence-corrected chi connectivity index (χ2v) is 4.28. The van der Waals surface area contributed by atoms with Gasteiger partial charge in [-0.15, -0.1) is 0 Å². The van der Waals surface area contributed by atoms with Crippen molar-refractivity contribution in [2.24, 2.45) is 0 Å². The van der Waals surface area contributed by atoms with Crippen LogP contribution in [0.3, 0.4) is 0 Å². The van der Waals surface area contributed by atoms with E-state index >= 15 is 0 Å². The number of aromatic hydroxyl groups is 1. The maximum atomic E-state index is 9.90. The number of pyridine rings is 1. The largest absolute Gasteiger partial charge is 0.506 e. The molecule has 0 fully saturated rings. The minimum atomic E-state index is 0.168.